The molecule has 0 N–H and O–H groups in total. The van der Waals surface area contributed by atoms with Crippen LogP contribution in [0.5, 0.6) is 0 Å². The van der Waals surface area contributed by atoms with Crippen LogP contribution < -0.4 is 0 Å². The van der Waals surface area contributed by atoms with Crippen LogP contribution in [0.2, 0.25) is 0 Å². The van der Waals surface area contributed by atoms with Gasteiger partial charge in [-0.05, 0) is 44.0 Å². The molecular formula is C16H17N3O. The molecule has 0 fully saturated rings. The normalized spacial score (nSPS) is 16.4. The second-order valence-electron chi connectivity index (χ2n) is 5.42. The van der Waals surface area contributed by atoms with Crippen LogP contribution in [0.3, 0.4) is 0 Å². The number of fused-ring (bicyclic) bond motifs is 1. The SMILES string of the molecule is CC(C)N1CC=C(c2noc3ccc(C#N)cc23)CC1. The summed E-state index contributed by atoms with van der Waals surface area (Å²) in [6.45, 7) is 6.40. The molecule has 0 atom stereocenters. The van der Waals surface area contributed by atoms with Crippen LogP contribution in [-0.2, 0) is 0 Å². The van der Waals surface area contributed by atoms with Crippen molar-refractivity contribution < 1.29 is 4.52 Å². The van der Waals surface area contributed by atoms with E-state index in [0.717, 1.165) is 36.2 Å². The highest BCUT2D eigenvalue weighted by Gasteiger charge is 2.19. The lowest BCUT2D eigenvalue weighted by molar-refractivity contribution is 0.245. The molecule has 0 saturated carbocycles. The van der Waals surface area contributed by atoms with Gasteiger partial charge < -0.3 is 4.52 Å². The summed E-state index contributed by atoms with van der Waals surface area (Å²) in [5.74, 6) is 0. The van der Waals surface area contributed by atoms with Crippen molar-refractivity contribution in [2.45, 2.75) is 26.3 Å². The molecule has 3 rings (SSSR count). The third kappa shape index (κ3) is 2.21. The minimum absolute atomic E-state index is 0.562. The van der Waals surface area contributed by atoms with E-state index in [1.807, 2.05) is 12.1 Å². The van der Waals surface area contributed by atoms with E-state index in [4.69, 9.17) is 9.78 Å². The molecule has 0 saturated heterocycles. The smallest absolute Gasteiger partial charge is 0.167 e. The number of aromatic nitrogens is 1. The van der Waals surface area contributed by atoms with Gasteiger partial charge >= 0.3 is 0 Å². The molecule has 0 radical (unpaired) electrons. The lowest BCUT2D eigenvalue weighted by Crippen LogP contribution is -2.34. The van der Waals surface area contributed by atoms with Gasteiger partial charge in [-0.3, -0.25) is 4.90 Å². The third-order valence-electron chi connectivity index (χ3n) is 3.87. The summed E-state index contributed by atoms with van der Waals surface area (Å²) in [5, 5.41) is 14.1. The molecule has 2 heterocycles. The summed E-state index contributed by atoms with van der Waals surface area (Å²) < 4.78 is 5.36. The first-order valence-corrected chi connectivity index (χ1v) is 6.92. The standard InChI is InChI=1S/C16H17N3O/c1-11(2)19-7-5-13(6-8-19)16-14-9-12(10-17)3-4-15(14)20-18-16/h3-5,9,11H,6-8H2,1-2H3. The van der Waals surface area contributed by atoms with E-state index < -0.39 is 0 Å². The number of benzene rings is 1. The zero-order valence-electron chi connectivity index (χ0n) is 11.8. The summed E-state index contributed by atoms with van der Waals surface area (Å²) in [6.07, 6.45) is 3.19. The Morgan fingerprint density at radius 1 is 1.40 bits per heavy atom. The average molecular weight is 267 g/mol. The molecule has 4 heteroatoms. The Balaban J connectivity index is 1.97. The number of nitriles is 1. The summed E-state index contributed by atoms with van der Waals surface area (Å²) in [4.78, 5) is 2.42. The van der Waals surface area contributed by atoms with Crippen LogP contribution in [0, 0.1) is 11.3 Å². The van der Waals surface area contributed by atoms with Gasteiger partial charge in [0.25, 0.3) is 0 Å². The highest BCUT2D eigenvalue weighted by atomic mass is 16.5. The Kier molecular flexibility index (Phi) is 3.29. The molecule has 1 aromatic carbocycles. The first kappa shape index (κ1) is 12.9. The number of nitrogens with zero attached hydrogens (tertiary/aromatic N) is 3. The number of hydrogen-bond acceptors (Lipinski definition) is 4. The van der Waals surface area contributed by atoms with Crippen molar-refractivity contribution in [1.29, 1.82) is 5.26 Å². The van der Waals surface area contributed by atoms with E-state index in [9.17, 15) is 0 Å². The van der Waals surface area contributed by atoms with Crippen LogP contribution in [0.4, 0.5) is 0 Å². The third-order valence-corrected chi connectivity index (χ3v) is 3.87. The van der Waals surface area contributed by atoms with Gasteiger partial charge in [0.1, 0.15) is 5.69 Å². The average Bonchev–Trinajstić information content (AvgIpc) is 2.90. The Hall–Kier alpha value is -2.12. The minimum atomic E-state index is 0.562. The van der Waals surface area contributed by atoms with Gasteiger partial charge in [-0.25, -0.2) is 0 Å². The second kappa shape index (κ2) is 5.10. The van der Waals surface area contributed by atoms with Gasteiger partial charge in [0.15, 0.2) is 5.58 Å². The fraction of sp³-hybridized carbons (Fsp3) is 0.375. The number of hydrogen-bond donors (Lipinski definition) is 0. The van der Waals surface area contributed by atoms with Crippen molar-refractivity contribution >= 4 is 16.5 Å². The lowest BCUT2D eigenvalue weighted by atomic mass is 10.0. The van der Waals surface area contributed by atoms with E-state index in [2.05, 4.69) is 36.0 Å². The van der Waals surface area contributed by atoms with E-state index in [1.54, 1.807) is 6.07 Å². The van der Waals surface area contributed by atoms with E-state index in [-0.39, 0.29) is 0 Å². The van der Waals surface area contributed by atoms with Gasteiger partial charge in [0.05, 0.1) is 17.0 Å². The first-order valence-electron chi connectivity index (χ1n) is 6.92. The van der Waals surface area contributed by atoms with Crippen LogP contribution in [0.25, 0.3) is 16.5 Å². The highest BCUT2D eigenvalue weighted by Crippen LogP contribution is 2.29. The largest absolute Gasteiger partial charge is 0.356 e. The molecule has 2 aromatic rings. The van der Waals surface area contributed by atoms with Gasteiger partial charge in [-0.1, -0.05) is 11.2 Å². The van der Waals surface area contributed by atoms with Crippen molar-refractivity contribution in [3.63, 3.8) is 0 Å². The van der Waals surface area contributed by atoms with Crippen molar-refractivity contribution in [3.05, 3.63) is 35.5 Å². The Morgan fingerprint density at radius 3 is 2.90 bits per heavy atom. The Morgan fingerprint density at radius 2 is 2.25 bits per heavy atom. The Bertz CT molecular complexity index is 706. The van der Waals surface area contributed by atoms with Crippen LogP contribution >= 0.6 is 0 Å². The highest BCUT2D eigenvalue weighted by molar-refractivity contribution is 5.90. The maximum atomic E-state index is 9.01. The lowest BCUT2D eigenvalue weighted by Gasteiger charge is -2.29. The predicted octanol–water partition coefficient (Wildman–Crippen LogP) is 3.20. The number of rotatable bonds is 2. The molecule has 20 heavy (non-hydrogen) atoms. The first-order chi connectivity index (χ1) is 9.69. The van der Waals surface area contributed by atoms with Gasteiger partial charge in [0.2, 0.25) is 0 Å². The summed E-state index contributed by atoms with van der Waals surface area (Å²) >= 11 is 0. The molecule has 0 unspecified atom stereocenters. The van der Waals surface area contributed by atoms with Crippen molar-refractivity contribution in [1.82, 2.24) is 10.1 Å². The van der Waals surface area contributed by atoms with Gasteiger partial charge in [-0.2, -0.15) is 5.26 Å². The maximum absolute atomic E-state index is 9.01. The molecule has 0 spiro atoms. The molecule has 1 aliphatic rings. The molecular weight excluding hydrogens is 250 g/mol. The van der Waals surface area contributed by atoms with Crippen molar-refractivity contribution in [2.24, 2.45) is 0 Å². The zero-order valence-corrected chi connectivity index (χ0v) is 11.8. The summed E-state index contributed by atoms with van der Waals surface area (Å²) in [5.41, 5.74) is 3.49. The molecule has 1 aliphatic heterocycles. The van der Waals surface area contributed by atoms with Gasteiger partial charge in [0, 0.05) is 19.1 Å². The van der Waals surface area contributed by atoms with Crippen molar-refractivity contribution in [3.8, 4) is 6.07 Å². The van der Waals surface area contributed by atoms with Crippen molar-refractivity contribution in [2.75, 3.05) is 13.1 Å². The summed E-state index contributed by atoms with van der Waals surface area (Å²) in [7, 11) is 0. The fourth-order valence-electron chi connectivity index (χ4n) is 2.61. The zero-order chi connectivity index (χ0) is 14.1. The van der Waals surface area contributed by atoms with E-state index in [0.29, 0.717) is 11.6 Å². The molecule has 0 amide bonds. The molecule has 0 bridgehead atoms. The molecule has 4 nitrogen and oxygen atoms in total. The summed E-state index contributed by atoms with van der Waals surface area (Å²) in [6, 6.07) is 8.15. The minimum Gasteiger partial charge on any atom is -0.356 e. The van der Waals surface area contributed by atoms with Gasteiger partial charge in [-0.15, -0.1) is 0 Å². The van der Waals surface area contributed by atoms with Crippen LogP contribution in [0.1, 0.15) is 31.5 Å². The fourth-order valence-corrected chi connectivity index (χ4v) is 2.61. The van der Waals surface area contributed by atoms with Crippen LogP contribution in [-0.4, -0.2) is 29.2 Å². The quantitative estimate of drug-likeness (QED) is 0.838. The molecule has 0 aliphatic carbocycles. The molecule has 1 aromatic heterocycles. The van der Waals surface area contributed by atoms with E-state index >= 15 is 0 Å². The van der Waals surface area contributed by atoms with Crippen LogP contribution in [0.15, 0.2) is 28.8 Å². The monoisotopic (exact) mass is 267 g/mol. The van der Waals surface area contributed by atoms with E-state index in [1.165, 1.54) is 5.57 Å². The predicted molar refractivity (Wildman–Crippen MR) is 78.0 cm³/mol. The maximum Gasteiger partial charge on any atom is 0.167 e. The molecule has 102 valence electrons. The Labute approximate surface area is 118 Å². The second-order valence-corrected chi connectivity index (χ2v) is 5.42. The topological polar surface area (TPSA) is 53.1 Å².